The van der Waals surface area contributed by atoms with Crippen LogP contribution in [0.1, 0.15) is 34.6 Å². The van der Waals surface area contributed by atoms with Gasteiger partial charge in [0.1, 0.15) is 12.2 Å². The van der Waals surface area contributed by atoms with Crippen molar-refractivity contribution in [2.24, 2.45) is 0 Å². The number of carbonyl (C=O) groups is 1. The maximum Gasteiger partial charge on any atom is 0.356 e. The number of ether oxygens (including phenoxy) is 1. The van der Waals surface area contributed by atoms with Crippen LogP contribution in [0.2, 0.25) is 0 Å². The highest BCUT2D eigenvalue weighted by Gasteiger charge is 2.43. The monoisotopic (exact) mass is 234 g/mol. The Kier molecular flexibility index (Phi) is 4.88. The van der Waals surface area contributed by atoms with E-state index in [-0.39, 0.29) is 5.97 Å². The molecule has 0 heterocycles. The van der Waals surface area contributed by atoms with Crippen LogP contribution in [-0.2, 0) is 14.1 Å². The maximum atomic E-state index is 11.6. The van der Waals surface area contributed by atoms with Gasteiger partial charge in [0, 0.05) is 0 Å². The molecule has 15 heavy (non-hydrogen) atoms. The summed E-state index contributed by atoms with van der Waals surface area (Å²) in [5.74, 6) is -0.324. The number of nitrogens with one attached hydrogen (secondary N) is 1. The average molecular weight is 234 g/mol. The summed E-state index contributed by atoms with van der Waals surface area (Å²) in [4.78, 5) is 11.6. The van der Waals surface area contributed by atoms with Gasteiger partial charge in [-0.2, -0.15) is 0 Å². The number of esters is 1. The second-order valence-corrected chi connectivity index (χ2v) is 6.64. The third kappa shape index (κ3) is 4.27. The van der Waals surface area contributed by atoms with Gasteiger partial charge in [0.15, 0.2) is 0 Å². The molecule has 0 aliphatic rings. The molecule has 88 valence electrons. The summed E-state index contributed by atoms with van der Waals surface area (Å²) in [6, 6.07) is 0. The molecule has 0 fully saturated rings. The van der Waals surface area contributed by atoms with Gasteiger partial charge in [0.2, 0.25) is 5.28 Å². The van der Waals surface area contributed by atoms with Gasteiger partial charge in [0.25, 0.3) is 0 Å². The lowest BCUT2D eigenvalue weighted by Gasteiger charge is -2.28. The van der Waals surface area contributed by atoms with Crippen molar-refractivity contribution in [1.29, 1.82) is 0 Å². The van der Waals surface area contributed by atoms with Crippen LogP contribution in [0, 0.1) is 0 Å². The summed E-state index contributed by atoms with van der Waals surface area (Å²) in [7, 11) is -1.41. The molecule has 0 bridgehead atoms. The number of carbonyl (C=O) groups excluding carboxylic acids is 1. The normalized spacial score (nSPS) is 13.6. The van der Waals surface area contributed by atoms with Crippen LogP contribution in [0.3, 0.4) is 0 Å². The molecule has 0 rings (SSSR count). The van der Waals surface area contributed by atoms with Crippen molar-refractivity contribution in [3.63, 3.8) is 0 Å². The van der Waals surface area contributed by atoms with E-state index in [0.29, 0.717) is 6.61 Å². The topological polar surface area (TPSA) is 55.4 Å². The van der Waals surface area contributed by atoms with Gasteiger partial charge in [-0.05, 0) is 34.6 Å². The third-order valence-corrected chi connectivity index (χ3v) is 3.88. The molecule has 0 spiro atoms. The van der Waals surface area contributed by atoms with Crippen LogP contribution in [0.25, 0.3) is 0 Å². The standard InChI is InChI=1S/C10H21NO3P/c1-7-14-8(12)9(2,3)11-10(4,5)15(6)13/h11H,7H2,1-6H3/q+1. The lowest BCUT2D eigenvalue weighted by Crippen LogP contribution is -2.55. The minimum absolute atomic E-state index is 0.324. The van der Waals surface area contributed by atoms with E-state index in [0.717, 1.165) is 0 Å². The maximum absolute atomic E-state index is 11.6. The predicted octanol–water partition coefficient (Wildman–Crippen LogP) is 2.11. The Labute approximate surface area is 92.6 Å². The summed E-state index contributed by atoms with van der Waals surface area (Å²) >= 11 is 0. The molecule has 1 atom stereocenters. The number of rotatable bonds is 5. The van der Waals surface area contributed by atoms with Crippen LogP contribution in [0.4, 0.5) is 0 Å². The van der Waals surface area contributed by atoms with E-state index >= 15 is 0 Å². The van der Waals surface area contributed by atoms with Crippen LogP contribution in [-0.4, -0.2) is 30.1 Å². The van der Waals surface area contributed by atoms with E-state index in [1.807, 2.05) is 13.8 Å². The average Bonchev–Trinajstić information content (AvgIpc) is 2.02. The zero-order valence-corrected chi connectivity index (χ0v) is 11.3. The highest BCUT2D eigenvalue weighted by molar-refractivity contribution is 7.45. The van der Waals surface area contributed by atoms with E-state index in [1.165, 1.54) is 0 Å². The highest BCUT2D eigenvalue weighted by atomic mass is 31.1. The first kappa shape index (κ1) is 14.5. The molecule has 0 aliphatic carbocycles. The Hall–Kier alpha value is -0.470. The van der Waals surface area contributed by atoms with Crippen molar-refractivity contribution in [2.75, 3.05) is 13.3 Å². The fourth-order valence-electron chi connectivity index (χ4n) is 1.21. The molecule has 0 amide bonds. The zero-order valence-electron chi connectivity index (χ0n) is 10.4. The Morgan fingerprint density at radius 2 is 1.80 bits per heavy atom. The summed E-state index contributed by atoms with van der Waals surface area (Å²) in [5, 5.41) is 2.48. The summed E-state index contributed by atoms with van der Waals surface area (Å²) in [6.45, 7) is 10.8. The first-order valence-corrected chi connectivity index (χ1v) is 6.71. The molecule has 0 aromatic heterocycles. The highest BCUT2D eigenvalue weighted by Crippen LogP contribution is 2.34. The first-order chi connectivity index (χ1) is 6.63. The Balaban J connectivity index is 4.63. The van der Waals surface area contributed by atoms with Crippen LogP contribution < -0.4 is 5.32 Å². The minimum atomic E-state index is -1.41. The van der Waals surface area contributed by atoms with Gasteiger partial charge in [-0.15, -0.1) is 0 Å². The van der Waals surface area contributed by atoms with Gasteiger partial charge in [-0.1, -0.05) is 4.57 Å². The Morgan fingerprint density at radius 3 is 2.13 bits per heavy atom. The minimum Gasteiger partial charge on any atom is -0.465 e. The van der Waals surface area contributed by atoms with Gasteiger partial charge >= 0.3 is 13.8 Å². The van der Waals surface area contributed by atoms with Crippen LogP contribution >= 0.6 is 7.80 Å². The molecule has 0 radical (unpaired) electrons. The molecule has 4 nitrogen and oxygen atoms in total. The summed E-state index contributed by atoms with van der Waals surface area (Å²) < 4.78 is 16.4. The van der Waals surface area contributed by atoms with E-state index in [1.54, 1.807) is 27.4 Å². The lowest BCUT2D eigenvalue weighted by molar-refractivity contribution is -0.150. The van der Waals surface area contributed by atoms with E-state index in [4.69, 9.17) is 4.74 Å². The smallest absolute Gasteiger partial charge is 0.356 e. The van der Waals surface area contributed by atoms with Gasteiger partial charge in [-0.25, -0.2) is 0 Å². The van der Waals surface area contributed by atoms with E-state index < -0.39 is 18.6 Å². The van der Waals surface area contributed by atoms with Crippen LogP contribution in [0.15, 0.2) is 0 Å². The quantitative estimate of drug-likeness (QED) is 0.584. The van der Waals surface area contributed by atoms with Gasteiger partial charge in [0.05, 0.1) is 6.61 Å². The third-order valence-electron chi connectivity index (χ3n) is 2.19. The molecule has 1 N–H and O–H groups in total. The molecular formula is C10H21NO3P+. The predicted molar refractivity (Wildman–Crippen MR) is 61.5 cm³/mol. The lowest BCUT2D eigenvalue weighted by atomic mass is 10.0. The van der Waals surface area contributed by atoms with Crippen molar-refractivity contribution in [3.8, 4) is 0 Å². The van der Waals surface area contributed by atoms with E-state index in [2.05, 4.69) is 5.32 Å². The molecule has 0 aromatic rings. The summed E-state index contributed by atoms with van der Waals surface area (Å²) in [5.41, 5.74) is -0.819. The molecule has 1 unspecified atom stereocenters. The molecule has 0 aromatic carbocycles. The van der Waals surface area contributed by atoms with Crippen LogP contribution in [0.5, 0.6) is 0 Å². The fraction of sp³-hybridized carbons (Fsp3) is 0.900. The van der Waals surface area contributed by atoms with Crippen molar-refractivity contribution >= 4 is 13.8 Å². The van der Waals surface area contributed by atoms with Gasteiger partial charge < -0.3 is 4.74 Å². The van der Waals surface area contributed by atoms with Gasteiger partial charge in [-0.3, -0.25) is 10.1 Å². The molecule has 0 saturated carbocycles. The molecular weight excluding hydrogens is 213 g/mol. The van der Waals surface area contributed by atoms with Crippen molar-refractivity contribution in [1.82, 2.24) is 5.32 Å². The second kappa shape index (κ2) is 5.04. The fourth-order valence-corrected chi connectivity index (χ4v) is 1.64. The second-order valence-electron chi connectivity index (χ2n) is 4.53. The number of hydrogen-bond donors (Lipinski definition) is 1. The van der Waals surface area contributed by atoms with Crippen molar-refractivity contribution in [2.45, 2.75) is 45.4 Å². The van der Waals surface area contributed by atoms with Crippen molar-refractivity contribution in [3.05, 3.63) is 0 Å². The molecule has 0 saturated heterocycles. The Bertz CT molecular complexity index is 261. The number of hydrogen-bond acceptors (Lipinski definition) is 4. The SMILES string of the molecule is CCOC(=O)C(C)(C)NC(C)(C)[P+](C)=O. The molecule has 0 aliphatic heterocycles. The summed E-state index contributed by atoms with van der Waals surface area (Å²) in [6.07, 6.45) is 0. The van der Waals surface area contributed by atoms with E-state index in [9.17, 15) is 9.36 Å². The Morgan fingerprint density at radius 1 is 1.33 bits per heavy atom. The molecule has 5 heteroatoms. The largest absolute Gasteiger partial charge is 0.465 e. The first-order valence-electron chi connectivity index (χ1n) is 5.01. The van der Waals surface area contributed by atoms with Crippen molar-refractivity contribution < 1.29 is 14.1 Å². The zero-order chi connectivity index (χ0) is 12.3.